The number of methoxy groups -OCH3 is 1. The van der Waals surface area contributed by atoms with Gasteiger partial charge in [0.1, 0.15) is 11.0 Å². The van der Waals surface area contributed by atoms with Gasteiger partial charge in [0.15, 0.2) is 0 Å². The number of para-hydroxylation sites is 1. The molecule has 2 aromatic carbocycles. The van der Waals surface area contributed by atoms with Gasteiger partial charge in [0.25, 0.3) is 0 Å². The van der Waals surface area contributed by atoms with Crippen molar-refractivity contribution in [2.24, 2.45) is 0 Å². The molecule has 1 heterocycles. The summed E-state index contributed by atoms with van der Waals surface area (Å²) in [5.74, 6) is 0.819. The summed E-state index contributed by atoms with van der Waals surface area (Å²) in [6.45, 7) is 0. The van der Waals surface area contributed by atoms with E-state index in [0.29, 0.717) is 0 Å². The Kier molecular flexibility index (Phi) is 3.17. The van der Waals surface area contributed by atoms with Crippen molar-refractivity contribution in [3.05, 3.63) is 54.1 Å². The van der Waals surface area contributed by atoms with Crippen LogP contribution >= 0.6 is 11.8 Å². The number of amides is 1. The maximum absolute atomic E-state index is 12.1. The highest BCUT2D eigenvalue weighted by atomic mass is 32.2. The molecule has 2 aromatic rings. The van der Waals surface area contributed by atoms with E-state index in [9.17, 15) is 4.79 Å². The van der Waals surface area contributed by atoms with E-state index in [1.54, 1.807) is 18.9 Å². The van der Waals surface area contributed by atoms with Crippen LogP contribution in [0.4, 0.5) is 5.69 Å². The van der Waals surface area contributed by atoms with Gasteiger partial charge in [-0.3, -0.25) is 4.79 Å². The molecular formula is C15H13NO2S. The van der Waals surface area contributed by atoms with E-state index in [1.165, 1.54) is 0 Å². The number of carbonyl (C=O) groups is 1. The molecule has 3 rings (SSSR count). The molecule has 4 heteroatoms. The van der Waals surface area contributed by atoms with Crippen LogP contribution in [0.15, 0.2) is 53.4 Å². The van der Waals surface area contributed by atoms with Crippen molar-refractivity contribution < 1.29 is 9.53 Å². The summed E-state index contributed by atoms with van der Waals surface area (Å²) < 4.78 is 5.13. The Labute approximate surface area is 116 Å². The molecule has 0 spiro atoms. The third-order valence-electron chi connectivity index (χ3n) is 3.05. The van der Waals surface area contributed by atoms with Crippen molar-refractivity contribution in [1.29, 1.82) is 0 Å². The van der Waals surface area contributed by atoms with Crippen LogP contribution in [0.2, 0.25) is 0 Å². The number of nitrogens with one attached hydrogen (secondary N) is 1. The lowest BCUT2D eigenvalue weighted by atomic mass is 10.1. The number of ether oxygens (including phenoxy) is 1. The summed E-state index contributed by atoms with van der Waals surface area (Å²) in [5, 5.41) is 2.74. The highest BCUT2D eigenvalue weighted by Crippen LogP contribution is 2.43. The molecule has 0 aromatic heterocycles. The Hall–Kier alpha value is -1.94. The van der Waals surface area contributed by atoms with Crippen molar-refractivity contribution >= 4 is 23.4 Å². The highest BCUT2D eigenvalue weighted by molar-refractivity contribution is 8.00. The van der Waals surface area contributed by atoms with Gasteiger partial charge in [0.05, 0.1) is 12.8 Å². The number of hydrogen-bond donors (Lipinski definition) is 1. The fraction of sp³-hybridized carbons (Fsp3) is 0.133. The molecule has 1 aliphatic rings. The summed E-state index contributed by atoms with van der Waals surface area (Å²) in [6.07, 6.45) is 0. The molecule has 0 fully saturated rings. The highest BCUT2D eigenvalue weighted by Gasteiger charge is 2.27. The molecule has 1 amide bonds. The first-order valence-electron chi connectivity index (χ1n) is 5.98. The standard InChI is InChI=1S/C15H13NO2S/c1-18-11-8-6-10(7-9-11)14-15(17)16-12-4-2-3-5-13(12)19-14/h2-9,14H,1H3,(H,16,17). The van der Waals surface area contributed by atoms with E-state index >= 15 is 0 Å². The molecule has 0 saturated carbocycles. The number of anilines is 1. The SMILES string of the molecule is COc1ccc(C2Sc3ccccc3NC2=O)cc1. The molecule has 3 nitrogen and oxygen atoms in total. The van der Waals surface area contributed by atoms with Crippen LogP contribution in [0.1, 0.15) is 10.8 Å². The predicted octanol–water partition coefficient (Wildman–Crippen LogP) is 3.48. The molecule has 0 bridgehead atoms. The third kappa shape index (κ3) is 2.31. The summed E-state index contributed by atoms with van der Waals surface area (Å²) in [6, 6.07) is 15.5. The van der Waals surface area contributed by atoms with Crippen LogP contribution in [-0.2, 0) is 4.79 Å². The van der Waals surface area contributed by atoms with Crippen LogP contribution in [0.3, 0.4) is 0 Å². The predicted molar refractivity (Wildman–Crippen MR) is 76.7 cm³/mol. The zero-order valence-electron chi connectivity index (χ0n) is 10.4. The topological polar surface area (TPSA) is 38.3 Å². The quantitative estimate of drug-likeness (QED) is 0.908. The van der Waals surface area contributed by atoms with Gasteiger partial charge < -0.3 is 10.1 Å². The van der Waals surface area contributed by atoms with Gasteiger partial charge in [0.2, 0.25) is 5.91 Å². The fourth-order valence-corrected chi connectivity index (χ4v) is 3.17. The van der Waals surface area contributed by atoms with Gasteiger partial charge in [-0.15, -0.1) is 11.8 Å². The average Bonchev–Trinajstić information content (AvgIpc) is 2.47. The van der Waals surface area contributed by atoms with E-state index in [-0.39, 0.29) is 11.2 Å². The molecule has 1 unspecified atom stereocenters. The number of fused-ring (bicyclic) bond motifs is 1. The Balaban J connectivity index is 1.91. The minimum Gasteiger partial charge on any atom is -0.497 e. The molecule has 1 aliphatic heterocycles. The van der Waals surface area contributed by atoms with Gasteiger partial charge >= 0.3 is 0 Å². The van der Waals surface area contributed by atoms with Crippen LogP contribution in [0.25, 0.3) is 0 Å². The van der Waals surface area contributed by atoms with Crippen LogP contribution in [-0.4, -0.2) is 13.0 Å². The van der Waals surface area contributed by atoms with E-state index < -0.39 is 0 Å². The van der Waals surface area contributed by atoms with Crippen LogP contribution in [0.5, 0.6) is 5.75 Å². The first-order valence-corrected chi connectivity index (χ1v) is 6.86. The van der Waals surface area contributed by atoms with Crippen molar-refractivity contribution in [1.82, 2.24) is 0 Å². The Morgan fingerprint density at radius 2 is 1.84 bits per heavy atom. The van der Waals surface area contributed by atoms with Crippen molar-refractivity contribution in [2.45, 2.75) is 10.1 Å². The second-order valence-electron chi connectivity index (χ2n) is 4.26. The molecule has 0 saturated heterocycles. The van der Waals surface area contributed by atoms with Gasteiger partial charge in [-0.2, -0.15) is 0 Å². The lowest BCUT2D eigenvalue weighted by Gasteiger charge is -2.24. The molecular weight excluding hydrogens is 258 g/mol. The smallest absolute Gasteiger partial charge is 0.242 e. The number of carbonyl (C=O) groups excluding carboxylic acids is 1. The summed E-state index contributed by atoms with van der Waals surface area (Å²) in [5.41, 5.74) is 1.88. The number of rotatable bonds is 2. The second kappa shape index (κ2) is 4.97. The van der Waals surface area contributed by atoms with E-state index in [1.807, 2.05) is 48.5 Å². The summed E-state index contributed by atoms with van der Waals surface area (Å²) in [7, 11) is 1.63. The molecule has 0 aliphatic carbocycles. The minimum absolute atomic E-state index is 0.0221. The van der Waals surface area contributed by atoms with E-state index in [4.69, 9.17) is 4.74 Å². The maximum Gasteiger partial charge on any atom is 0.242 e. The van der Waals surface area contributed by atoms with Crippen LogP contribution in [0, 0.1) is 0 Å². The number of hydrogen-bond acceptors (Lipinski definition) is 3. The first kappa shape index (κ1) is 12.1. The van der Waals surface area contributed by atoms with Gasteiger partial charge in [0, 0.05) is 4.90 Å². The molecule has 1 atom stereocenters. The van der Waals surface area contributed by atoms with E-state index in [0.717, 1.165) is 21.9 Å². The van der Waals surface area contributed by atoms with Crippen molar-refractivity contribution in [3.8, 4) is 5.75 Å². The molecule has 19 heavy (non-hydrogen) atoms. The average molecular weight is 271 g/mol. The Bertz CT molecular complexity index is 610. The molecule has 1 N–H and O–H groups in total. The second-order valence-corrected chi connectivity index (χ2v) is 5.40. The zero-order chi connectivity index (χ0) is 13.2. The minimum atomic E-state index is -0.208. The lowest BCUT2D eigenvalue weighted by molar-refractivity contribution is -0.115. The Morgan fingerprint density at radius 3 is 2.58 bits per heavy atom. The zero-order valence-corrected chi connectivity index (χ0v) is 11.2. The van der Waals surface area contributed by atoms with Gasteiger partial charge in [-0.05, 0) is 29.8 Å². The molecule has 96 valence electrons. The first-order chi connectivity index (χ1) is 9.28. The number of benzene rings is 2. The lowest BCUT2D eigenvalue weighted by Crippen LogP contribution is -2.22. The van der Waals surface area contributed by atoms with Gasteiger partial charge in [-0.25, -0.2) is 0 Å². The number of thioether (sulfide) groups is 1. The van der Waals surface area contributed by atoms with Crippen molar-refractivity contribution in [3.63, 3.8) is 0 Å². The normalized spacial score (nSPS) is 17.5. The summed E-state index contributed by atoms with van der Waals surface area (Å²) >= 11 is 1.58. The largest absolute Gasteiger partial charge is 0.497 e. The van der Waals surface area contributed by atoms with Crippen LogP contribution < -0.4 is 10.1 Å². The van der Waals surface area contributed by atoms with E-state index in [2.05, 4.69) is 5.32 Å². The van der Waals surface area contributed by atoms with Gasteiger partial charge in [-0.1, -0.05) is 24.3 Å². The maximum atomic E-state index is 12.1. The third-order valence-corrected chi connectivity index (χ3v) is 4.38. The monoisotopic (exact) mass is 271 g/mol. The Morgan fingerprint density at radius 1 is 1.11 bits per heavy atom. The summed E-state index contributed by atoms with van der Waals surface area (Å²) in [4.78, 5) is 13.2. The molecule has 0 radical (unpaired) electrons. The van der Waals surface area contributed by atoms with Crippen molar-refractivity contribution in [2.75, 3.05) is 12.4 Å². The fourth-order valence-electron chi connectivity index (χ4n) is 2.05.